The van der Waals surface area contributed by atoms with Crippen LogP contribution in [0.1, 0.15) is 96.9 Å². The normalized spacial score (nSPS) is 9.69. The molecule has 0 bridgehead atoms. The van der Waals surface area contributed by atoms with Gasteiger partial charge in [-0.05, 0) is 406 Å². The molecule has 31 nitrogen and oxygen atoms in total. The monoisotopic (exact) mass is 2620 g/mol. The molecule has 0 fully saturated rings. The van der Waals surface area contributed by atoms with Crippen LogP contribution in [0, 0.1) is 74.3 Å². The largest absolute Gasteiger partial charge is 1.00 e. The molecule has 0 atom stereocenters. The van der Waals surface area contributed by atoms with Crippen LogP contribution in [0.5, 0.6) is 0 Å². The van der Waals surface area contributed by atoms with Gasteiger partial charge in [-0.3, -0.25) is 20.0 Å². The summed E-state index contributed by atoms with van der Waals surface area (Å²) in [6.07, 6.45) is 11.2. The molecular weight excluding hydrogens is 2540 g/mol. The van der Waals surface area contributed by atoms with Crippen LogP contribution in [0.4, 0.5) is 23.0 Å². The third kappa shape index (κ3) is 40.3. The number of amides is 1. The number of hydrogen-bond donors (Lipinski definition) is 5. The molecule has 0 aliphatic rings. The molecule has 45 heteroatoms. The predicted molar refractivity (Wildman–Crippen MR) is 566 cm³/mol. The van der Waals surface area contributed by atoms with Gasteiger partial charge in [-0.15, -0.1) is 0 Å². The minimum Gasteiger partial charge on any atom is -0.870 e. The molecule has 7 aromatic carbocycles. The Morgan fingerprint density at radius 1 is 0.478 bits per heavy atom. The number of fused-ring (bicyclic) bond motifs is 3. The van der Waals surface area contributed by atoms with E-state index >= 15 is 0 Å². The summed E-state index contributed by atoms with van der Waals surface area (Å²) in [6.45, 7) is 19.5. The van der Waals surface area contributed by atoms with Gasteiger partial charge in [0.25, 0.3) is 5.91 Å². The van der Waals surface area contributed by atoms with E-state index in [2.05, 4.69) is 295 Å². The maximum Gasteiger partial charge on any atom is 1.00 e. The van der Waals surface area contributed by atoms with Gasteiger partial charge in [-0.1, -0.05) is 78.8 Å². The Hall–Kier alpha value is -9.02. The van der Waals surface area contributed by atoms with Crippen molar-refractivity contribution < 1.29 is 76.8 Å². The van der Waals surface area contributed by atoms with E-state index in [0.29, 0.717) is 38.1 Å². The van der Waals surface area contributed by atoms with E-state index in [4.69, 9.17) is 90.0 Å². The first-order chi connectivity index (χ1) is 62.8. The third-order valence-electron chi connectivity index (χ3n) is 17.0. The number of hydrogen-bond acceptors (Lipinski definition) is 25. The standard InChI is InChI=1S/C21H16ClIN4O.C16H20IN3.C15H13ClIN3.C13H9ClIN3.C10H10IN3.C6H7IN2.C4H5NO.4CO2.Cl3OP.Li.H2O/c1-12-3-7-15(8-4-12)25-21(28)17-11-24-20-18(19(17)22)13(2)26-27(20)16-9-5-14(23)6-10-16;1-4-13(5-2)11-18-16-10-12(3)19-20(16)15-8-6-14(17)7-9-15;1-3-10-8-18-15-13(14(10)16)9(2)19-20(15)12-6-4-11(17)5-7-12;1-8-12-11(14)6-7-16-13(12)18(17-8)10-4-2-9(15)3-5-10;1-7-6-10(12)14(13-7)9-4-2-8(11)3-5-9;7-5-1-3-6(9-8)4-2-5;1-4(6)2-3-5;4*2-1-3;1-5(2,3)4;;/h3-11H,1-2H3,(H,25,28);6-11,18H,4-5H2,1-3H3;4-8H,3H2,1-2H3;2-7H,1H3;2-6H,12H2,1H3;1-4,9H,8H2;2H2,1H3;;;;;;;1H2/q;;;;;;;;;;;;+1;/p-1. The number of hydrazine groups is 1. The van der Waals surface area contributed by atoms with E-state index in [1.54, 1.807) is 27.7 Å². The molecular formula is C89H81Cl6I6LiN19O12P. The summed E-state index contributed by atoms with van der Waals surface area (Å²) in [5, 5.41) is 37.7. The van der Waals surface area contributed by atoms with Crippen LogP contribution >= 0.6 is 209 Å². The van der Waals surface area contributed by atoms with Gasteiger partial charge in [0.1, 0.15) is 17.4 Å². The summed E-state index contributed by atoms with van der Waals surface area (Å²) < 4.78 is 25.8. The molecule has 1 amide bonds. The van der Waals surface area contributed by atoms with Gasteiger partial charge < -0.3 is 27.3 Å². The van der Waals surface area contributed by atoms with Crippen LogP contribution in [0.3, 0.4) is 0 Å². The number of ketones is 1. The van der Waals surface area contributed by atoms with E-state index in [9.17, 15) is 14.2 Å². The zero-order valence-corrected chi connectivity index (χ0v) is 91.2. The zero-order chi connectivity index (χ0) is 98.5. The fourth-order valence-corrected chi connectivity index (χ4v) is 14.3. The van der Waals surface area contributed by atoms with Crippen molar-refractivity contribution in [2.45, 2.75) is 94.9 Å². The molecule has 0 aliphatic carbocycles. The van der Waals surface area contributed by atoms with Gasteiger partial charge in [-0.2, -0.15) is 69.1 Å². The Morgan fingerprint density at radius 2 is 0.813 bits per heavy atom. The molecule has 15 rings (SSSR count). The first-order valence-corrected chi connectivity index (χ1v) is 50.1. The van der Waals surface area contributed by atoms with E-state index < -0.39 is 5.20 Å². The Bertz CT molecular complexity index is 6530. The topological polar surface area (TPSA) is 457 Å². The Morgan fingerprint density at radius 3 is 1.16 bits per heavy atom. The molecule has 8 heterocycles. The number of anilines is 4. The van der Waals surface area contributed by atoms with Crippen LogP contribution in [-0.2, 0) is 54.1 Å². The molecule has 0 unspecified atom stereocenters. The number of halogens is 12. The number of nitrogens with two attached hydrogens (primary N) is 2. The maximum atomic E-state index is 12.7. The number of carbonyl (C=O) groups excluding carboxylic acids is 10. The van der Waals surface area contributed by atoms with Crippen molar-refractivity contribution >= 4 is 302 Å². The molecule has 694 valence electrons. The van der Waals surface area contributed by atoms with E-state index in [0.717, 1.165) is 129 Å². The molecule has 15 aromatic rings. The number of benzene rings is 7. The van der Waals surface area contributed by atoms with Crippen molar-refractivity contribution in [1.29, 1.82) is 5.26 Å². The van der Waals surface area contributed by atoms with Gasteiger partial charge in [0.2, 0.25) is 0 Å². The number of pyridine rings is 3. The third-order valence-corrected chi connectivity index (χ3v) is 22.5. The molecule has 0 aliphatic heterocycles. The van der Waals surface area contributed by atoms with E-state index in [1.807, 2.05) is 201 Å². The van der Waals surface area contributed by atoms with Crippen molar-refractivity contribution in [3.63, 3.8) is 0 Å². The van der Waals surface area contributed by atoms with Gasteiger partial charge >= 0.3 is 48.7 Å². The van der Waals surface area contributed by atoms with Gasteiger partial charge in [0, 0.05) is 69.7 Å². The van der Waals surface area contributed by atoms with Crippen molar-refractivity contribution in [2.75, 3.05) is 21.8 Å². The van der Waals surface area contributed by atoms with Crippen LogP contribution in [0.15, 0.2) is 218 Å². The molecule has 0 radical (unpaired) electrons. The van der Waals surface area contributed by atoms with Gasteiger partial charge in [0.15, 0.2) is 16.9 Å². The first-order valence-electron chi connectivity index (χ1n) is 38.1. The van der Waals surface area contributed by atoms with Crippen molar-refractivity contribution in [1.82, 2.24) is 63.9 Å². The number of aromatic nitrogens is 13. The molecule has 0 saturated heterocycles. The van der Waals surface area contributed by atoms with Crippen LogP contribution in [0.2, 0.25) is 15.1 Å². The second kappa shape index (κ2) is 63.4. The zero-order valence-electron chi connectivity index (χ0n) is 72.9. The number of nitrogens with zero attached hydrogens (tertiary/aromatic N) is 14. The minimum absolute atomic E-state index is 0. The van der Waals surface area contributed by atoms with E-state index in [-0.39, 0.29) is 67.1 Å². The molecule has 0 spiro atoms. The summed E-state index contributed by atoms with van der Waals surface area (Å²) in [5.74, 6) is 6.45. The number of aryl methyl sites for hydroxylation is 7. The number of allylic oxidation sites excluding steroid dienone is 1. The number of nitrogens with one attached hydrogen (secondary N) is 3. The molecule has 8 N–H and O–H groups in total. The Labute approximate surface area is 894 Å². The Balaban J connectivity index is 0.000000527. The fraction of sp³-hybridized carbons (Fsp3) is 0.157. The maximum absolute atomic E-state index is 12.7. The van der Waals surface area contributed by atoms with Crippen LogP contribution in [0.25, 0.3) is 61.5 Å². The second-order valence-corrected chi connectivity index (χ2v) is 41.6. The second-order valence-electron chi connectivity index (χ2n) is 26.3. The number of nitrogen functional groups attached to an aromatic ring is 2. The van der Waals surface area contributed by atoms with Gasteiger partial charge in [0.05, 0.1) is 106 Å². The van der Waals surface area contributed by atoms with E-state index in [1.165, 1.54) is 36.5 Å². The summed E-state index contributed by atoms with van der Waals surface area (Å²) in [4.78, 5) is 101. The Kier molecular flexibility index (Phi) is 57.3. The van der Waals surface area contributed by atoms with Crippen molar-refractivity contribution in [3.8, 4) is 34.5 Å². The first kappa shape index (κ1) is 121. The van der Waals surface area contributed by atoms with Gasteiger partial charge in [-0.25, -0.2) is 38.4 Å². The predicted octanol–water partition coefficient (Wildman–Crippen LogP) is 20.7. The summed E-state index contributed by atoms with van der Waals surface area (Å²) >= 11 is 46.8. The summed E-state index contributed by atoms with van der Waals surface area (Å²) in [7, 11) is 0. The van der Waals surface area contributed by atoms with Crippen molar-refractivity contribution in [3.05, 3.63) is 300 Å². The minimum atomic E-state index is -3.22. The number of Topliss-reactive ketones (excluding diaryl/α,β-unsaturated/α-hetero) is 1. The smallest absolute Gasteiger partial charge is 0.870 e. The SMILES string of the molecule is CC(=O)CC#N.CCC(=CNc1cc(C)nn1-c1ccc(I)cc1)CC.CCc1cnc2c(c(C)nn2-c2ccc(I)cc2)c1Cl.Cc1cc(N)n(-c2ccc(I)cc2)n1.Cc1ccc(NC(=O)c2cnc3c(c(C)nn3-c3ccc(I)cc3)c2Cl)cc1.Cc1nn(-c2ccc(I)cc2)c2nccc(Cl)c12.NNc1ccc(I)cc1.O=C=O.O=C=O.O=C=O.O=C=O.O=P(Cl)(Cl)Cl.[Li+].[OH-]. The molecule has 134 heavy (non-hydrogen) atoms. The average molecular weight is 2620 g/mol. The average Bonchev–Trinajstić information content (AvgIpc) is 1.63. The van der Waals surface area contributed by atoms with Crippen molar-refractivity contribution in [2.24, 2.45) is 5.84 Å². The number of rotatable bonds is 14. The molecule has 0 saturated carbocycles. The number of nitriles is 1. The summed E-state index contributed by atoms with van der Waals surface area (Å²) in [5.41, 5.74) is 25.5. The van der Waals surface area contributed by atoms with Crippen LogP contribution < -0.4 is 46.5 Å². The fourth-order valence-electron chi connectivity index (χ4n) is 11.1. The van der Waals surface area contributed by atoms with Crippen LogP contribution in [-0.4, -0.2) is 106 Å². The quantitative estimate of drug-likeness (QED) is 0.0222. The summed E-state index contributed by atoms with van der Waals surface area (Å²) in [6, 6.07) is 63.6. The molecule has 8 aromatic heterocycles. The number of carbonyl (C=O) groups is 2.